The first kappa shape index (κ1) is 21.3. The number of urea groups is 1. The van der Waals surface area contributed by atoms with Crippen LogP contribution in [0.4, 0.5) is 10.5 Å². The Balaban J connectivity index is 1.64. The van der Waals surface area contributed by atoms with Gasteiger partial charge in [-0.25, -0.2) is 4.79 Å². The van der Waals surface area contributed by atoms with E-state index in [1.807, 2.05) is 38.1 Å². The molecule has 1 aliphatic heterocycles. The number of rotatable bonds is 5. The summed E-state index contributed by atoms with van der Waals surface area (Å²) in [5.74, 6) is 0. The second-order valence-electron chi connectivity index (χ2n) is 7.37. The number of nitrogens with zero attached hydrogens (tertiary/aromatic N) is 2. The molecule has 29 heavy (non-hydrogen) atoms. The number of halogens is 1. The number of carbonyl (C=O) groups is 1. The molecule has 0 aliphatic carbocycles. The number of carbonyl (C=O) groups excluding carboxylic acids is 1. The van der Waals surface area contributed by atoms with Gasteiger partial charge in [0.1, 0.15) is 0 Å². The fourth-order valence-electron chi connectivity index (χ4n) is 3.36. The number of amides is 2. The lowest BCUT2D eigenvalue weighted by atomic mass is 9.99. The van der Waals surface area contributed by atoms with Gasteiger partial charge in [0, 0.05) is 36.4 Å². The molecule has 2 amide bonds. The van der Waals surface area contributed by atoms with Crippen LogP contribution in [0, 0.1) is 13.8 Å². The van der Waals surface area contributed by atoms with Gasteiger partial charge in [-0.15, -0.1) is 0 Å². The van der Waals surface area contributed by atoms with Gasteiger partial charge in [-0.05, 0) is 54.7 Å². The smallest absolute Gasteiger partial charge is 0.322 e. The van der Waals surface area contributed by atoms with Crippen molar-refractivity contribution in [3.05, 3.63) is 63.9 Å². The van der Waals surface area contributed by atoms with E-state index in [1.54, 1.807) is 17.2 Å². The minimum Gasteiger partial charge on any atom is -0.394 e. The van der Waals surface area contributed by atoms with Gasteiger partial charge in [-0.3, -0.25) is 4.98 Å². The first-order valence-electron chi connectivity index (χ1n) is 9.63. The monoisotopic (exact) mass is 415 g/mol. The number of benzene rings is 1. The van der Waals surface area contributed by atoms with Crippen molar-refractivity contribution in [1.82, 2.24) is 9.88 Å². The van der Waals surface area contributed by atoms with Crippen LogP contribution < -0.4 is 5.32 Å². The van der Waals surface area contributed by atoms with Crippen LogP contribution in [-0.2, 0) is 6.42 Å². The highest BCUT2D eigenvalue weighted by atomic mass is 35.5. The zero-order valence-corrected chi connectivity index (χ0v) is 17.4. The van der Waals surface area contributed by atoms with Crippen LogP contribution in [0.2, 0.25) is 5.02 Å². The molecule has 0 saturated carbocycles. The van der Waals surface area contributed by atoms with Crippen LogP contribution in [-0.4, -0.2) is 51.9 Å². The third-order valence-electron chi connectivity index (χ3n) is 5.04. The fraction of sp³-hybridized carbons (Fsp3) is 0.364. The van der Waals surface area contributed by atoms with E-state index in [1.165, 1.54) is 0 Å². The molecule has 0 spiro atoms. The fourth-order valence-corrected chi connectivity index (χ4v) is 3.54. The van der Waals surface area contributed by atoms with Crippen molar-refractivity contribution in [3.63, 3.8) is 0 Å². The Hall–Kier alpha value is -2.41. The number of aromatic nitrogens is 1. The molecule has 1 aromatic carbocycles. The first-order chi connectivity index (χ1) is 13.9. The minimum atomic E-state index is -0.772. The van der Waals surface area contributed by atoms with E-state index in [-0.39, 0.29) is 12.6 Å². The minimum absolute atomic E-state index is 0.154. The summed E-state index contributed by atoms with van der Waals surface area (Å²) in [6, 6.07) is 7.31. The zero-order chi connectivity index (χ0) is 21.0. The van der Waals surface area contributed by atoms with Gasteiger partial charge in [0.2, 0.25) is 0 Å². The molecule has 2 aromatic rings. The highest BCUT2D eigenvalue weighted by Gasteiger charge is 2.20. The highest BCUT2D eigenvalue weighted by molar-refractivity contribution is 6.31. The van der Waals surface area contributed by atoms with Gasteiger partial charge < -0.3 is 20.4 Å². The maximum absolute atomic E-state index is 12.5. The zero-order valence-electron chi connectivity index (χ0n) is 16.7. The molecule has 0 radical (unpaired) electrons. The predicted octanol–water partition coefficient (Wildman–Crippen LogP) is 3.57. The molecule has 3 N–H and O–H groups in total. The van der Waals surface area contributed by atoms with E-state index < -0.39 is 6.10 Å². The number of anilines is 1. The molecule has 3 rings (SSSR count). The molecule has 1 atom stereocenters. The predicted molar refractivity (Wildman–Crippen MR) is 115 cm³/mol. The molecule has 0 saturated heterocycles. The van der Waals surface area contributed by atoms with E-state index in [0.717, 1.165) is 28.0 Å². The lowest BCUT2D eigenvalue weighted by Crippen LogP contribution is -2.38. The number of pyridine rings is 1. The average Bonchev–Trinajstić information content (AvgIpc) is 2.71. The second kappa shape index (κ2) is 9.39. The summed E-state index contributed by atoms with van der Waals surface area (Å²) in [7, 11) is 0. The Labute approximate surface area is 175 Å². The molecule has 0 fully saturated rings. The van der Waals surface area contributed by atoms with Gasteiger partial charge in [-0.1, -0.05) is 29.8 Å². The summed E-state index contributed by atoms with van der Waals surface area (Å²) >= 11 is 6.12. The molecule has 1 aromatic heterocycles. The molecule has 7 heteroatoms. The third-order valence-corrected chi connectivity index (χ3v) is 5.45. The van der Waals surface area contributed by atoms with Gasteiger partial charge in [0.25, 0.3) is 0 Å². The van der Waals surface area contributed by atoms with E-state index in [9.17, 15) is 9.90 Å². The van der Waals surface area contributed by atoms with Crippen LogP contribution in [0.5, 0.6) is 0 Å². The number of aliphatic hydroxyl groups excluding tert-OH is 2. The Bertz CT molecular complexity index is 930. The SMILES string of the molecule is Cc1ccc(NC(=O)N2CC=C(c3ncc(C[C@@H](O)CO)cc3C)CC2)cc1Cl. The lowest BCUT2D eigenvalue weighted by molar-refractivity contribution is 0.0954. The van der Waals surface area contributed by atoms with Crippen LogP contribution in [0.1, 0.15) is 28.8 Å². The summed E-state index contributed by atoms with van der Waals surface area (Å²) in [6.07, 6.45) is 4.09. The van der Waals surface area contributed by atoms with Crippen molar-refractivity contribution in [2.24, 2.45) is 0 Å². The third kappa shape index (κ3) is 5.35. The van der Waals surface area contributed by atoms with E-state index in [4.69, 9.17) is 16.7 Å². The maximum atomic E-state index is 12.5. The first-order valence-corrected chi connectivity index (χ1v) is 10.0. The highest BCUT2D eigenvalue weighted by Crippen LogP contribution is 2.25. The summed E-state index contributed by atoms with van der Waals surface area (Å²) in [5, 5.41) is 22.1. The summed E-state index contributed by atoms with van der Waals surface area (Å²) in [5.41, 5.74) is 5.58. The molecule has 6 nitrogen and oxygen atoms in total. The number of hydrogen-bond acceptors (Lipinski definition) is 4. The van der Waals surface area contributed by atoms with Crippen molar-refractivity contribution >= 4 is 28.9 Å². The molecular weight excluding hydrogens is 390 g/mol. The van der Waals surface area contributed by atoms with Gasteiger partial charge >= 0.3 is 6.03 Å². The van der Waals surface area contributed by atoms with Crippen LogP contribution in [0.25, 0.3) is 5.57 Å². The van der Waals surface area contributed by atoms with Crippen LogP contribution in [0.3, 0.4) is 0 Å². The molecule has 2 heterocycles. The van der Waals surface area contributed by atoms with Crippen LogP contribution in [0.15, 0.2) is 36.5 Å². The average molecular weight is 416 g/mol. The van der Waals surface area contributed by atoms with Gasteiger partial charge in [-0.2, -0.15) is 0 Å². The van der Waals surface area contributed by atoms with Crippen molar-refractivity contribution in [1.29, 1.82) is 0 Å². The van der Waals surface area contributed by atoms with E-state index in [2.05, 4.69) is 10.3 Å². The topological polar surface area (TPSA) is 85.7 Å². The van der Waals surface area contributed by atoms with Gasteiger partial charge in [0.05, 0.1) is 18.4 Å². The quantitative estimate of drug-likeness (QED) is 0.696. The van der Waals surface area contributed by atoms with Crippen LogP contribution >= 0.6 is 11.6 Å². The summed E-state index contributed by atoms with van der Waals surface area (Å²) < 4.78 is 0. The Morgan fingerprint density at radius 1 is 1.31 bits per heavy atom. The second-order valence-corrected chi connectivity index (χ2v) is 7.78. The lowest BCUT2D eigenvalue weighted by Gasteiger charge is -2.27. The number of aliphatic hydroxyl groups is 2. The molecule has 0 unspecified atom stereocenters. The molecule has 0 bridgehead atoms. The van der Waals surface area contributed by atoms with Crippen molar-refractivity contribution in [2.75, 3.05) is 25.0 Å². The number of nitrogens with one attached hydrogen (secondary N) is 1. The maximum Gasteiger partial charge on any atom is 0.322 e. The Kier molecular flexibility index (Phi) is 6.90. The van der Waals surface area contributed by atoms with Crippen molar-refractivity contribution in [2.45, 2.75) is 32.8 Å². The van der Waals surface area contributed by atoms with E-state index >= 15 is 0 Å². The largest absolute Gasteiger partial charge is 0.394 e. The molecule has 154 valence electrons. The summed E-state index contributed by atoms with van der Waals surface area (Å²) in [6.45, 7) is 4.75. The number of aryl methyl sites for hydroxylation is 2. The standard InChI is InChI=1S/C22H26ClN3O3/c1-14-3-4-18(11-20(14)23)25-22(29)26-7-5-17(6-8-26)21-15(2)9-16(12-24-21)10-19(28)13-27/h3-5,9,11-12,19,27-28H,6-8,10,13H2,1-2H3,(H,25,29)/t19-/m1/s1. The van der Waals surface area contributed by atoms with Gasteiger partial charge in [0.15, 0.2) is 0 Å². The van der Waals surface area contributed by atoms with Crippen molar-refractivity contribution in [3.8, 4) is 0 Å². The molecular formula is C22H26ClN3O3. The summed E-state index contributed by atoms with van der Waals surface area (Å²) in [4.78, 5) is 18.8. The number of hydrogen-bond donors (Lipinski definition) is 3. The van der Waals surface area contributed by atoms with E-state index in [0.29, 0.717) is 36.6 Å². The Morgan fingerprint density at radius 3 is 2.72 bits per heavy atom. The van der Waals surface area contributed by atoms with Crippen molar-refractivity contribution < 1.29 is 15.0 Å². The molecule has 1 aliphatic rings. The normalized spacial score (nSPS) is 15.1. The Morgan fingerprint density at radius 2 is 2.10 bits per heavy atom.